The van der Waals surface area contributed by atoms with Crippen LogP contribution in [0.25, 0.3) is 11.8 Å². The van der Waals surface area contributed by atoms with Crippen molar-refractivity contribution in [3.63, 3.8) is 0 Å². The van der Waals surface area contributed by atoms with Crippen LogP contribution in [0.3, 0.4) is 0 Å². The maximum absolute atomic E-state index is 12.8. The summed E-state index contributed by atoms with van der Waals surface area (Å²) in [6, 6.07) is 8.78. The zero-order valence-corrected chi connectivity index (χ0v) is 19.0. The third-order valence-corrected chi connectivity index (χ3v) is 5.33. The molecule has 3 N–H and O–H groups in total. The van der Waals surface area contributed by atoms with E-state index in [-0.39, 0.29) is 34.9 Å². The maximum atomic E-state index is 12.8. The van der Waals surface area contributed by atoms with E-state index in [2.05, 4.69) is 29.1 Å². The van der Waals surface area contributed by atoms with Crippen LogP contribution in [0.5, 0.6) is 5.75 Å². The number of hydrogen-bond donors (Lipinski definition) is 3. The van der Waals surface area contributed by atoms with Gasteiger partial charge in [-0.15, -0.1) is 24.5 Å². The lowest BCUT2D eigenvalue weighted by Gasteiger charge is -2.07. The molecule has 10 heteroatoms. The van der Waals surface area contributed by atoms with Crippen LogP contribution in [0.1, 0.15) is 6.92 Å². The maximum Gasteiger partial charge on any atom is 0.270 e. The van der Waals surface area contributed by atoms with E-state index >= 15 is 0 Å². The zero-order valence-electron chi connectivity index (χ0n) is 18.2. The molecule has 0 unspecified atom stereocenters. The zero-order chi connectivity index (χ0) is 24.2. The Balaban J connectivity index is 2.30. The molecule has 2 amide bonds. The van der Waals surface area contributed by atoms with E-state index in [0.29, 0.717) is 29.1 Å². The van der Waals surface area contributed by atoms with Gasteiger partial charge in [0.2, 0.25) is 0 Å². The largest absolute Gasteiger partial charge is 0.484 e. The molecule has 1 heterocycles. The molecule has 33 heavy (non-hydrogen) atoms. The number of carbonyl (C=O) groups excluding carboxylic acids is 2. The van der Waals surface area contributed by atoms with Crippen molar-refractivity contribution >= 4 is 40.6 Å². The number of benzene rings is 1. The van der Waals surface area contributed by atoms with Crippen molar-refractivity contribution in [1.82, 2.24) is 15.2 Å². The number of hydrogen-bond acceptors (Lipinski definition) is 7. The first-order chi connectivity index (χ1) is 15.9. The predicted molar refractivity (Wildman–Crippen MR) is 129 cm³/mol. The minimum Gasteiger partial charge on any atom is -0.484 e. The normalized spacial score (nSPS) is 11.7. The molecule has 0 bridgehead atoms. The smallest absolute Gasteiger partial charge is 0.270 e. The summed E-state index contributed by atoms with van der Waals surface area (Å²) in [5.74, 6) is -0.367. The fourth-order valence-corrected chi connectivity index (χ4v) is 3.74. The number of nitrogens with one attached hydrogen (secondary N) is 3. The van der Waals surface area contributed by atoms with Gasteiger partial charge in [0.15, 0.2) is 12.2 Å². The number of amides is 2. The van der Waals surface area contributed by atoms with Crippen LogP contribution in [0, 0.1) is 11.3 Å². The first-order valence-electron chi connectivity index (χ1n) is 10.0. The lowest BCUT2D eigenvalue weighted by atomic mass is 10.3. The summed E-state index contributed by atoms with van der Waals surface area (Å²) in [6.07, 6.45) is 4.59. The topological polar surface area (TPSA) is 125 Å². The Kier molecular flexibility index (Phi) is 9.67. The van der Waals surface area contributed by atoms with Crippen LogP contribution < -0.4 is 35.4 Å². The van der Waals surface area contributed by atoms with Gasteiger partial charge in [-0.1, -0.05) is 18.2 Å². The van der Waals surface area contributed by atoms with E-state index in [1.807, 2.05) is 6.07 Å². The first kappa shape index (κ1) is 25.2. The lowest BCUT2D eigenvalue weighted by molar-refractivity contribution is -0.122. The Hall–Kier alpha value is -4.10. The summed E-state index contributed by atoms with van der Waals surface area (Å²) in [7, 11) is 0. The number of aromatic nitrogens is 1. The van der Waals surface area contributed by atoms with Gasteiger partial charge in [-0.05, 0) is 19.1 Å². The van der Waals surface area contributed by atoms with Gasteiger partial charge in [0.25, 0.3) is 17.4 Å². The molecule has 0 saturated carbocycles. The van der Waals surface area contributed by atoms with Gasteiger partial charge in [-0.3, -0.25) is 19.0 Å². The van der Waals surface area contributed by atoms with Crippen LogP contribution in [0.2, 0.25) is 0 Å². The van der Waals surface area contributed by atoms with Crippen LogP contribution in [-0.2, 0) is 16.1 Å². The standard InChI is InChI=1S/C23H25N5O4S/c1-4-10-25-20(29)15-32-17-9-7-8-16(12-17)27-14-19-22(31)28(6-3)23(33-19)18(13-24)21(30)26-11-5-2/h4-5,7-9,12,14,27H,1-2,6,10-11,15H2,3H3,(H,25,29)(H,26,30)/b19-14+,23-18-. The van der Waals surface area contributed by atoms with Crippen molar-refractivity contribution in [1.29, 1.82) is 5.26 Å². The van der Waals surface area contributed by atoms with E-state index < -0.39 is 5.91 Å². The Morgan fingerprint density at radius 1 is 1.24 bits per heavy atom. The Morgan fingerprint density at radius 3 is 2.64 bits per heavy atom. The van der Waals surface area contributed by atoms with E-state index in [1.165, 1.54) is 16.8 Å². The van der Waals surface area contributed by atoms with Crippen molar-refractivity contribution in [2.75, 3.05) is 25.0 Å². The van der Waals surface area contributed by atoms with Gasteiger partial charge in [0.1, 0.15) is 21.0 Å². The molecule has 172 valence electrons. The first-order valence-corrected chi connectivity index (χ1v) is 10.9. The number of ether oxygens (including phenoxy) is 1. The van der Waals surface area contributed by atoms with Gasteiger partial charge in [-0.25, -0.2) is 0 Å². The Bertz CT molecular complexity index is 1250. The molecule has 1 aromatic carbocycles. The van der Waals surface area contributed by atoms with Crippen LogP contribution in [0.4, 0.5) is 5.69 Å². The fraction of sp³-hybridized carbons (Fsp3) is 0.217. The number of anilines is 1. The molecule has 0 atom stereocenters. The molecule has 0 aliphatic heterocycles. The highest BCUT2D eigenvalue weighted by Crippen LogP contribution is 2.17. The van der Waals surface area contributed by atoms with Crippen LogP contribution in [-0.4, -0.2) is 36.1 Å². The quantitative estimate of drug-likeness (QED) is 0.412. The van der Waals surface area contributed by atoms with Gasteiger partial charge < -0.3 is 20.7 Å². The van der Waals surface area contributed by atoms with E-state index in [9.17, 15) is 19.6 Å². The molecule has 0 fully saturated rings. The number of nitrogens with zero attached hydrogens (tertiary/aromatic N) is 2. The number of nitriles is 1. The second-order valence-electron chi connectivity index (χ2n) is 6.50. The molecule has 0 saturated heterocycles. The molecule has 0 radical (unpaired) electrons. The molecule has 2 aromatic rings. The molecule has 0 aliphatic carbocycles. The van der Waals surface area contributed by atoms with Gasteiger partial charge in [-0.2, -0.15) is 5.26 Å². The lowest BCUT2D eigenvalue weighted by Crippen LogP contribution is -2.34. The molecule has 9 nitrogen and oxygen atoms in total. The predicted octanol–water partition coefficient (Wildman–Crippen LogP) is 0.437. The summed E-state index contributed by atoms with van der Waals surface area (Å²) in [5.41, 5.74) is 0.177. The SMILES string of the molecule is C=CCNC(=O)COc1cccc(N/C=c2/s/c(=C(/C#N)C(=O)NCC=C)n(CC)c2=O)c1. The second-order valence-corrected chi connectivity index (χ2v) is 7.53. The fourth-order valence-electron chi connectivity index (χ4n) is 2.65. The second kappa shape index (κ2) is 12.7. The summed E-state index contributed by atoms with van der Waals surface area (Å²) in [4.78, 5) is 36.7. The molecule has 1 aromatic heterocycles. The highest BCUT2D eigenvalue weighted by Gasteiger charge is 2.14. The van der Waals surface area contributed by atoms with Crippen LogP contribution >= 0.6 is 11.3 Å². The molecular formula is C23H25N5O4S. The summed E-state index contributed by atoms with van der Waals surface area (Å²) >= 11 is 1.04. The molecule has 2 rings (SSSR count). The van der Waals surface area contributed by atoms with Crippen molar-refractivity contribution in [2.45, 2.75) is 13.5 Å². The molecule has 0 spiro atoms. The van der Waals surface area contributed by atoms with Gasteiger partial charge in [0.05, 0.1) is 0 Å². The molecule has 0 aliphatic rings. The summed E-state index contributed by atoms with van der Waals surface area (Å²) in [5, 5.41) is 17.7. The average Bonchev–Trinajstić information content (AvgIpc) is 3.14. The summed E-state index contributed by atoms with van der Waals surface area (Å²) < 4.78 is 7.46. The number of carbonyl (C=O) groups is 2. The highest BCUT2D eigenvalue weighted by molar-refractivity contribution is 7.07. The van der Waals surface area contributed by atoms with Crippen molar-refractivity contribution in [3.8, 4) is 11.8 Å². The van der Waals surface area contributed by atoms with Crippen LogP contribution in [0.15, 0.2) is 54.4 Å². The number of rotatable bonds is 11. The van der Waals surface area contributed by atoms with E-state index in [1.54, 1.807) is 37.3 Å². The van der Waals surface area contributed by atoms with E-state index in [4.69, 9.17) is 4.74 Å². The van der Waals surface area contributed by atoms with Crippen molar-refractivity contribution < 1.29 is 14.3 Å². The van der Waals surface area contributed by atoms with Crippen molar-refractivity contribution in [3.05, 3.63) is 69.1 Å². The third kappa shape index (κ3) is 6.95. The van der Waals surface area contributed by atoms with Gasteiger partial charge >= 0.3 is 0 Å². The average molecular weight is 468 g/mol. The highest BCUT2D eigenvalue weighted by atomic mass is 32.1. The Morgan fingerprint density at radius 2 is 1.97 bits per heavy atom. The molecular weight excluding hydrogens is 442 g/mol. The minimum atomic E-state index is -0.567. The monoisotopic (exact) mass is 467 g/mol. The number of thiazole rings is 1. The van der Waals surface area contributed by atoms with E-state index in [0.717, 1.165) is 11.3 Å². The Labute approximate surface area is 195 Å². The van der Waals surface area contributed by atoms with Crippen molar-refractivity contribution in [2.24, 2.45) is 0 Å². The summed E-state index contributed by atoms with van der Waals surface area (Å²) in [6.45, 7) is 9.55. The minimum absolute atomic E-state index is 0.134. The third-order valence-electron chi connectivity index (χ3n) is 4.20. The van der Waals surface area contributed by atoms with Gasteiger partial charge in [0, 0.05) is 37.6 Å².